The van der Waals surface area contributed by atoms with Crippen molar-refractivity contribution < 1.29 is 19.4 Å². The molecule has 1 aromatic rings. The van der Waals surface area contributed by atoms with Crippen molar-refractivity contribution in [3.8, 4) is 5.75 Å². The summed E-state index contributed by atoms with van der Waals surface area (Å²) in [5, 5.41) is 8.71. The number of hydrogen-bond acceptors (Lipinski definition) is 3. The molecule has 0 fully saturated rings. The summed E-state index contributed by atoms with van der Waals surface area (Å²) in [6, 6.07) is 7.38. The fourth-order valence-corrected chi connectivity index (χ4v) is 2.15. The molecule has 0 spiro atoms. The van der Waals surface area contributed by atoms with E-state index >= 15 is 0 Å². The number of likely N-dealkylation sites (N-methyl/N-ethyl adjacent to an activating group) is 1. The lowest BCUT2D eigenvalue weighted by Gasteiger charge is -2.28. The van der Waals surface area contributed by atoms with Gasteiger partial charge < -0.3 is 14.7 Å². The maximum atomic E-state index is 12.2. The molecule has 1 aromatic carbocycles. The Kier molecular flexibility index (Phi) is 3.50. The molecule has 0 aromatic heterocycles. The van der Waals surface area contributed by atoms with Crippen molar-refractivity contribution in [2.24, 2.45) is 0 Å². The van der Waals surface area contributed by atoms with Gasteiger partial charge in [-0.25, -0.2) is 0 Å². The molecular weight excluding hydrogens is 234 g/mol. The second-order valence-electron chi connectivity index (χ2n) is 4.32. The second-order valence-corrected chi connectivity index (χ2v) is 4.32. The van der Waals surface area contributed by atoms with Crippen molar-refractivity contribution in [1.82, 2.24) is 4.90 Å². The number of carbonyl (C=O) groups is 2. The van der Waals surface area contributed by atoms with Crippen molar-refractivity contribution >= 4 is 11.9 Å². The standard InChI is InChI=1S/C13H15NO4/c1-14(8-12(15)16)13(17)10-6-7-18-11-5-3-2-4-9(10)11/h2-5,10H,6-8H2,1H3,(H,15,16)/t10-/m0/s1. The maximum absolute atomic E-state index is 12.2. The van der Waals surface area contributed by atoms with Gasteiger partial charge in [0.2, 0.25) is 5.91 Å². The third-order valence-corrected chi connectivity index (χ3v) is 3.01. The fraction of sp³-hybridized carbons (Fsp3) is 0.385. The smallest absolute Gasteiger partial charge is 0.323 e. The van der Waals surface area contributed by atoms with Gasteiger partial charge in [0, 0.05) is 12.6 Å². The molecule has 96 valence electrons. The lowest BCUT2D eigenvalue weighted by Crippen LogP contribution is -2.37. The Morgan fingerprint density at radius 2 is 2.17 bits per heavy atom. The molecule has 0 saturated heterocycles. The lowest BCUT2D eigenvalue weighted by atomic mass is 9.92. The van der Waals surface area contributed by atoms with Gasteiger partial charge >= 0.3 is 5.97 Å². The molecule has 1 amide bonds. The van der Waals surface area contributed by atoms with Gasteiger partial charge in [0.15, 0.2) is 0 Å². The molecule has 0 aliphatic carbocycles. The Balaban J connectivity index is 2.20. The number of nitrogens with zero attached hydrogens (tertiary/aromatic N) is 1. The van der Waals surface area contributed by atoms with Gasteiger partial charge in [-0.3, -0.25) is 9.59 Å². The highest BCUT2D eigenvalue weighted by Gasteiger charge is 2.30. The summed E-state index contributed by atoms with van der Waals surface area (Å²) in [6.07, 6.45) is 0.583. The van der Waals surface area contributed by atoms with E-state index < -0.39 is 5.97 Å². The average molecular weight is 249 g/mol. The predicted octanol–water partition coefficient (Wildman–Crippen LogP) is 1.10. The van der Waals surface area contributed by atoms with Crippen LogP contribution >= 0.6 is 0 Å². The zero-order chi connectivity index (χ0) is 13.1. The molecule has 0 saturated carbocycles. The number of amides is 1. The van der Waals surface area contributed by atoms with Crippen LogP contribution in [0.15, 0.2) is 24.3 Å². The summed E-state index contributed by atoms with van der Waals surface area (Å²) in [6.45, 7) is 0.201. The zero-order valence-electron chi connectivity index (χ0n) is 10.1. The van der Waals surface area contributed by atoms with Crippen LogP contribution in [0.2, 0.25) is 0 Å². The van der Waals surface area contributed by atoms with Gasteiger partial charge in [0.25, 0.3) is 0 Å². The summed E-state index contributed by atoms with van der Waals surface area (Å²) in [4.78, 5) is 24.1. The molecule has 2 rings (SSSR count). The first kappa shape index (κ1) is 12.4. The molecule has 0 radical (unpaired) electrons. The molecule has 5 nitrogen and oxygen atoms in total. The quantitative estimate of drug-likeness (QED) is 0.871. The van der Waals surface area contributed by atoms with Crippen LogP contribution in [-0.2, 0) is 9.59 Å². The molecule has 1 aliphatic rings. The van der Waals surface area contributed by atoms with Crippen molar-refractivity contribution in [3.63, 3.8) is 0 Å². The van der Waals surface area contributed by atoms with E-state index in [1.807, 2.05) is 24.3 Å². The average Bonchev–Trinajstić information content (AvgIpc) is 2.36. The number of aliphatic carboxylic acids is 1. The van der Waals surface area contributed by atoms with Crippen LogP contribution in [-0.4, -0.2) is 42.1 Å². The number of rotatable bonds is 3. The minimum absolute atomic E-state index is 0.173. The third kappa shape index (κ3) is 2.45. The van der Waals surface area contributed by atoms with Crippen LogP contribution in [0, 0.1) is 0 Å². The number of carbonyl (C=O) groups excluding carboxylic acids is 1. The molecule has 5 heteroatoms. The summed E-state index contributed by atoms with van der Waals surface area (Å²) >= 11 is 0. The van der Waals surface area contributed by atoms with E-state index in [0.29, 0.717) is 18.8 Å². The van der Waals surface area contributed by atoms with Gasteiger partial charge in [-0.05, 0) is 12.5 Å². The normalized spacial score (nSPS) is 17.5. The Morgan fingerprint density at radius 1 is 1.44 bits per heavy atom. The molecule has 1 heterocycles. The summed E-state index contributed by atoms with van der Waals surface area (Å²) in [5.41, 5.74) is 0.839. The number of fused-ring (bicyclic) bond motifs is 1. The van der Waals surface area contributed by atoms with Crippen molar-refractivity contribution in [1.29, 1.82) is 0 Å². The number of carboxylic acid groups (broad SMARTS) is 1. The topological polar surface area (TPSA) is 66.8 Å². The Bertz CT molecular complexity index is 472. The highest BCUT2D eigenvalue weighted by atomic mass is 16.5. The maximum Gasteiger partial charge on any atom is 0.323 e. The number of para-hydroxylation sites is 1. The van der Waals surface area contributed by atoms with E-state index in [-0.39, 0.29) is 18.4 Å². The van der Waals surface area contributed by atoms with E-state index in [4.69, 9.17) is 9.84 Å². The van der Waals surface area contributed by atoms with Gasteiger partial charge in [-0.15, -0.1) is 0 Å². The van der Waals surface area contributed by atoms with Gasteiger partial charge in [0.05, 0.1) is 12.5 Å². The number of hydrogen-bond donors (Lipinski definition) is 1. The van der Waals surface area contributed by atoms with E-state index in [2.05, 4.69) is 0 Å². The third-order valence-electron chi connectivity index (χ3n) is 3.01. The first-order chi connectivity index (χ1) is 8.59. The lowest BCUT2D eigenvalue weighted by molar-refractivity contribution is -0.144. The molecule has 0 unspecified atom stereocenters. The summed E-state index contributed by atoms with van der Waals surface area (Å²) in [5.74, 6) is -0.774. The zero-order valence-corrected chi connectivity index (χ0v) is 10.1. The van der Waals surface area contributed by atoms with E-state index in [1.54, 1.807) is 0 Å². The Labute approximate surface area is 105 Å². The monoisotopic (exact) mass is 249 g/mol. The van der Waals surface area contributed by atoms with Crippen LogP contribution in [0.5, 0.6) is 5.75 Å². The molecule has 1 aliphatic heterocycles. The molecule has 0 bridgehead atoms. The first-order valence-corrected chi connectivity index (χ1v) is 5.78. The van der Waals surface area contributed by atoms with Gasteiger partial charge in [0.1, 0.15) is 12.3 Å². The Morgan fingerprint density at radius 3 is 2.89 bits per heavy atom. The molecule has 18 heavy (non-hydrogen) atoms. The van der Waals surface area contributed by atoms with Crippen LogP contribution < -0.4 is 4.74 Å². The highest BCUT2D eigenvalue weighted by molar-refractivity contribution is 5.87. The van der Waals surface area contributed by atoms with Crippen molar-refractivity contribution in [2.45, 2.75) is 12.3 Å². The summed E-state index contributed by atoms with van der Waals surface area (Å²) in [7, 11) is 1.51. The van der Waals surface area contributed by atoms with Crippen LogP contribution in [0.1, 0.15) is 17.9 Å². The Hall–Kier alpha value is -2.04. The van der Waals surface area contributed by atoms with E-state index in [1.165, 1.54) is 11.9 Å². The molecule has 1 N–H and O–H groups in total. The fourth-order valence-electron chi connectivity index (χ4n) is 2.15. The van der Waals surface area contributed by atoms with Crippen molar-refractivity contribution in [3.05, 3.63) is 29.8 Å². The molecular formula is C13H15NO4. The minimum atomic E-state index is -1.01. The number of benzene rings is 1. The predicted molar refractivity (Wildman–Crippen MR) is 64.6 cm³/mol. The first-order valence-electron chi connectivity index (χ1n) is 5.78. The highest BCUT2D eigenvalue weighted by Crippen LogP contribution is 2.34. The largest absolute Gasteiger partial charge is 0.493 e. The van der Waals surface area contributed by atoms with Crippen LogP contribution in [0.3, 0.4) is 0 Å². The van der Waals surface area contributed by atoms with E-state index in [0.717, 1.165) is 5.56 Å². The van der Waals surface area contributed by atoms with Gasteiger partial charge in [-0.1, -0.05) is 18.2 Å². The SMILES string of the molecule is CN(CC(=O)O)C(=O)[C@H]1CCOc2ccccc21. The summed E-state index contributed by atoms with van der Waals surface area (Å²) < 4.78 is 5.48. The minimum Gasteiger partial charge on any atom is -0.493 e. The van der Waals surface area contributed by atoms with Crippen LogP contribution in [0.4, 0.5) is 0 Å². The van der Waals surface area contributed by atoms with E-state index in [9.17, 15) is 9.59 Å². The number of carboxylic acids is 1. The van der Waals surface area contributed by atoms with Crippen molar-refractivity contribution in [2.75, 3.05) is 20.2 Å². The number of ether oxygens (including phenoxy) is 1. The molecule has 1 atom stereocenters. The van der Waals surface area contributed by atoms with Gasteiger partial charge in [-0.2, -0.15) is 0 Å². The van der Waals surface area contributed by atoms with Crippen LogP contribution in [0.25, 0.3) is 0 Å². The second kappa shape index (κ2) is 5.08.